The van der Waals surface area contributed by atoms with Gasteiger partial charge < -0.3 is 0 Å². The number of hydrogen-bond acceptors (Lipinski definition) is 3. The quantitative estimate of drug-likeness (QED) is 0.517. The number of para-hydroxylation sites is 1. The average molecular weight is 359 g/mol. The fourth-order valence-electron chi connectivity index (χ4n) is 2.72. The molecule has 0 spiro atoms. The van der Waals surface area contributed by atoms with Gasteiger partial charge in [-0.1, -0.05) is 30.3 Å². The first kappa shape index (κ1) is 18.6. The molecule has 27 heavy (non-hydrogen) atoms. The molecule has 0 atom stereocenters. The lowest BCUT2D eigenvalue weighted by Gasteiger charge is -2.07. The van der Waals surface area contributed by atoms with Crippen LogP contribution in [0.3, 0.4) is 0 Å². The minimum absolute atomic E-state index is 0.257. The Balaban J connectivity index is 1.94. The van der Waals surface area contributed by atoms with Crippen LogP contribution in [0.15, 0.2) is 70.6 Å². The third kappa shape index (κ3) is 4.34. The van der Waals surface area contributed by atoms with Crippen molar-refractivity contribution >= 4 is 22.8 Å². The molecule has 1 aromatic heterocycles. The molecule has 0 aliphatic heterocycles. The van der Waals surface area contributed by atoms with Gasteiger partial charge in [-0.2, -0.15) is 0 Å². The first-order chi connectivity index (χ1) is 13.0. The second kappa shape index (κ2) is 8.04. The Kier molecular flexibility index (Phi) is 5.55. The fourth-order valence-corrected chi connectivity index (χ4v) is 2.72. The second-order valence-electron chi connectivity index (χ2n) is 6.47. The number of aliphatic imine (C=N–C) groups is 2. The van der Waals surface area contributed by atoms with Crippen molar-refractivity contribution in [2.45, 2.75) is 27.7 Å². The van der Waals surface area contributed by atoms with E-state index in [1.165, 1.54) is 6.07 Å². The molecule has 2 aromatic carbocycles. The first-order valence-corrected chi connectivity index (χ1v) is 8.85. The molecule has 0 saturated heterocycles. The maximum atomic E-state index is 13.7. The van der Waals surface area contributed by atoms with Crippen LogP contribution in [0.1, 0.15) is 36.4 Å². The summed E-state index contributed by atoms with van der Waals surface area (Å²) in [5.41, 5.74) is 6.30. The molecule has 0 N–H and O–H groups in total. The summed E-state index contributed by atoms with van der Waals surface area (Å²) in [7, 11) is 0. The summed E-state index contributed by atoms with van der Waals surface area (Å²) >= 11 is 0. The zero-order valence-electron chi connectivity index (χ0n) is 16.0. The number of halogens is 1. The topological polar surface area (TPSA) is 37.6 Å². The lowest BCUT2D eigenvalue weighted by Crippen LogP contribution is -2.05. The van der Waals surface area contributed by atoms with Gasteiger partial charge in [-0.25, -0.2) is 9.37 Å². The summed E-state index contributed by atoms with van der Waals surface area (Å²) < 4.78 is 13.7. The van der Waals surface area contributed by atoms with Crippen LogP contribution in [0.25, 0.3) is 0 Å². The van der Waals surface area contributed by atoms with E-state index in [-0.39, 0.29) is 5.82 Å². The van der Waals surface area contributed by atoms with Crippen LogP contribution in [0.5, 0.6) is 0 Å². The molecular formula is C23H22FN3. The van der Waals surface area contributed by atoms with Crippen LogP contribution in [0, 0.1) is 19.7 Å². The molecule has 0 radical (unpaired) electrons. The standard InChI is InChI=1S/C23H22FN3/c1-15-9-5-6-11-20(15)25-17(3)22-13-8-14-23(27-22)18(4)26-21-12-7-10-19(24)16(21)2/h5-14H,1-4H3. The monoisotopic (exact) mass is 359 g/mol. The minimum atomic E-state index is -0.257. The number of aryl methyl sites for hydroxylation is 1. The van der Waals surface area contributed by atoms with Crippen LogP contribution >= 0.6 is 0 Å². The fraction of sp³-hybridized carbons (Fsp3) is 0.174. The van der Waals surface area contributed by atoms with Gasteiger partial charge in [-0.05, 0) is 63.6 Å². The van der Waals surface area contributed by atoms with Gasteiger partial charge in [-0.15, -0.1) is 0 Å². The summed E-state index contributed by atoms with van der Waals surface area (Å²) in [5.74, 6) is -0.257. The minimum Gasteiger partial charge on any atom is -0.251 e. The normalized spacial score (nSPS) is 12.3. The van der Waals surface area contributed by atoms with Crippen LogP contribution < -0.4 is 0 Å². The largest absolute Gasteiger partial charge is 0.251 e. The Morgan fingerprint density at radius 2 is 1.30 bits per heavy atom. The number of benzene rings is 2. The van der Waals surface area contributed by atoms with Crippen LogP contribution in [0.2, 0.25) is 0 Å². The summed E-state index contributed by atoms with van der Waals surface area (Å²) in [4.78, 5) is 14.0. The first-order valence-electron chi connectivity index (χ1n) is 8.85. The third-order valence-electron chi connectivity index (χ3n) is 4.42. The van der Waals surface area contributed by atoms with Crippen molar-refractivity contribution < 1.29 is 4.39 Å². The molecule has 3 nitrogen and oxygen atoms in total. The SMILES string of the molecule is CC(=Nc1ccccc1C)c1cccc(C(C)=Nc2cccc(F)c2C)n1. The van der Waals surface area contributed by atoms with Gasteiger partial charge in [-0.3, -0.25) is 9.98 Å². The summed E-state index contributed by atoms with van der Waals surface area (Å²) in [5, 5.41) is 0. The molecule has 0 fully saturated rings. The van der Waals surface area contributed by atoms with Crippen molar-refractivity contribution in [1.82, 2.24) is 4.98 Å². The third-order valence-corrected chi connectivity index (χ3v) is 4.42. The van der Waals surface area contributed by atoms with Crippen molar-refractivity contribution in [2.75, 3.05) is 0 Å². The zero-order valence-corrected chi connectivity index (χ0v) is 16.0. The molecule has 0 aliphatic rings. The van der Waals surface area contributed by atoms with E-state index in [4.69, 9.17) is 9.98 Å². The van der Waals surface area contributed by atoms with Crippen molar-refractivity contribution in [1.29, 1.82) is 0 Å². The lowest BCUT2D eigenvalue weighted by atomic mass is 10.1. The van der Waals surface area contributed by atoms with Gasteiger partial charge in [0, 0.05) is 5.56 Å². The maximum absolute atomic E-state index is 13.7. The van der Waals surface area contributed by atoms with Gasteiger partial charge >= 0.3 is 0 Å². The molecule has 1 heterocycles. The Morgan fingerprint density at radius 1 is 0.741 bits per heavy atom. The van der Waals surface area contributed by atoms with E-state index in [2.05, 4.69) is 4.99 Å². The number of nitrogens with zero attached hydrogens (tertiary/aromatic N) is 3. The summed E-state index contributed by atoms with van der Waals surface area (Å²) in [6.45, 7) is 7.59. The smallest absolute Gasteiger partial charge is 0.128 e. The lowest BCUT2D eigenvalue weighted by molar-refractivity contribution is 0.619. The molecular weight excluding hydrogens is 337 g/mol. The van der Waals surface area contributed by atoms with Gasteiger partial charge in [0.05, 0.1) is 34.2 Å². The molecule has 0 aliphatic carbocycles. The van der Waals surface area contributed by atoms with Crippen molar-refractivity contribution in [2.24, 2.45) is 9.98 Å². The second-order valence-corrected chi connectivity index (χ2v) is 6.47. The summed E-state index contributed by atoms with van der Waals surface area (Å²) in [6.07, 6.45) is 0. The molecule has 4 heteroatoms. The highest BCUT2D eigenvalue weighted by Gasteiger charge is 2.07. The Labute approximate surface area is 159 Å². The van der Waals surface area contributed by atoms with E-state index < -0.39 is 0 Å². The zero-order chi connectivity index (χ0) is 19.4. The van der Waals surface area contributed by atoms with E-state index in [0.29, 0.717) is 11.3 Å². The van der Waals surface area contributed by atoms with Crippen LogP contribution in [-0.4, -0.2) is 16.4 Å². The van der Waals surface area contributed by atoms with Gasteiger partial charge in [0.15, 0.2) is 0 Å². The van der Waals surface area contributed by atoms with Crippen molar-refractivity contribution in [3.8, 4) is 0 Å². The van der Waals surface area contributed by atoms with E-state index in [1.54, 1.807) is 19.1 Å². The van der Waals surface area contributed by atoms with E-state index in [0.717, 1.165) is 34.1 Å². The van der Waals surface area contributed by atoms with E-state index >= 15 is 0 Å². The Morgan fingerprint density at radius 3 is 1.96 bits per heavy atom. The average Bonchev–Trinajstić information content (AvgIpc) is 2.67. The number of hydrogen-bond donors (Lipinski definition) is 0. The van der Waals surface area contributed by atoms with E-state index in [1.807, 2.05) is 63.2 Å². The highest BCUT2D eigenvalue weighted by molar-refractivity contribution is 6.02. The molecule has 0 saturated carbocycles. The Hall–Kier alpha value is -3.14. The van der Waals surface area contributed by atoms with E-state index in [9.17, 15) is 4.39 Å². The molecule has 0 unspecified atom stereocenters. The predicted octanol–water partition coefficient (Wildman–Crippen LogP) is 6.12. The maximum Gasteiger partial charge on any atom is 0.128 e. The van der Waals surface area contributed by atoms with Crippen molar-refractivity contribution in [3.63, 3.8) is 0 Å². The van der Waals surface area contributed by atoms with Gasteiger partial charge in [0.1, 0.15) is 5.82 Å². The highest BCUT2D eigenvalue weighted by Crippen LogP contribution is 2.22. The van der Waals surface area contributed by atoms with Crippen LogP contribution in [-0.2, 0) is 0 Å². The highest BCUT2D eigenvalue weighted by atomic mass is 19.1. The predicted molar refractivity (Wildman–Crippen MR) is 110 cm³/mol. The molecule has 136 valence electrons. The molecule has 0 amide bonds. The van der Waals surface area contributed by atoms with Crippen molar-refractivity contribution in [3.05, 3.63) is 89.0 Å². The van der Waals surface area contributed by atoms with Gasteiger partial charge in [0.25, 0.3) is 0 Å². The summed E-state index contributed by atoms with van der Waals surface area (Å²) in [6, 6.07) is 18.7. The molecule has 3 aromatic rings. The van der Waals surface area contributed by atoms with Crippen LogP contribution in [0.4, 0.5) is 15.8 Å². The number of pyridine rings is 1. The number of aromatic nitrogens is 1. The van der Waals surface area contributed by atoms with Gasteiger partial charge in [0.2, 0.25) is 0 Å². The number of rotatable bonds is 4. The molecule has 3 rings (SSSR count). The Bertz CT molecular complexity index is 1040. The molecule has 0 bridgehead atoms.